The summed E-state index contributed by atoms with van der Waals surface area (Å²) < 4.78 is 5.21. The maximum atomic E-state index is 5.21. The minimum absolute atomic E-state index is 0.730. The molecule has 0 atom stereocenters. The molecule has 12 heavy (non-hydrogen) atoms. The summed E-state index contributed by atoms with van der Waals surface area (Å²) in [6, 6.07) is 1.58. The predicted octanol–water partition coefficient (Wildman–Crippen LogP) is 1.65. The normalized spacial score (nSPS) is 27.5. The molecule has 2 aliphatic rings. The van der Waals surface area contributed by atoms with Gasteiger partial charge in [-0.15, -0.1) is 0 Å². The van der Waals surface area contributed by atoms with Gasteiger partial charge in [0.1, 0.15) is 0 Å². The third-order valence-electron chi connectivity index (χ3n) is 3.35. The second-order valence-corrected chi connectivity index (χ2v) is 4.15. The molecule has 2 fully saturated rings. The Morgan fingerprint density at radius 2 is 1.67 bits per heavy atom. The van der Waals surface area contributed by atoms with E-state index in [1.54, 1.807) is 0 Å². The van der Waals surface area contributed by atoms with E-state index < -0.39 is 0 Å². The van der Waals surface area contributed by atoms with Crippen molar-refractivity contribution in [1.29, 1.82) is 0 Å². The number of hydrogen-bond donors (Lipinski definition) is 0. The van der Waals surface area contributed by atoms with Gasteiger partial charge in [-0.05, 0) is 19.9 Å². The van der Waals surface area contributed by atoms with Crippen LogP contribution in [0.5, 0.6) is 0 Å². The Hall–Kier alpha value is -0.0800. The van der Waals surface area contributed by atoms with E-state index in [0.29, 0.717) is 0 Å². The summed E-state index contributed by atoms with van der Waals surface area (Å²) in [4.78, 5) is 2.54. The van der Waals surface area contributed by atoms with Crippen molar-refractivity contribution in [2.24, 2.45) is 0 Å². The van der Waals surface area contributed by atoms with Crippen LogP contribution in [-0.2, 0) is 4.74 Å². The monoisotopic (exact) mass is 169 g/mol. The van der Waals surface area contributed by atoms with Gasteiger partial charge in [0.2, 0.25) is 0 Å². The molecular weight excluding hydrogens is 150 g/mol. The van der Waals surface area contributed by atoms with Gasteiger partial charge in [0.25, 0.3) is 0 Å². The topological polar surface area (TPSA) is 12.5 Å². The maximum absolute atomic E-state index is 5.21. The smallest absolute Gasteiger partial charge is 0.0645 e. The fourth-order valence-corrected chi connectivity index (χ4v) is 2.24. The highest BCUT2D eigenvalue weighted by Crippen LogP contribution is 2.24. The first-order valence-electron chi connectivity index (χ1n) is 5.17. The lowest BCUT2D eigenvalue weighted by molar-refractivity contribution is -0.0733. The van der Waals surface area contributed by atoms with E-state index in [-0.39, 0.29) is 0 Å². The first-order chi connectivity index (χ1) is 5.88. The van der Waals surface area contributed by atoms with Gasteiger partial charge in [0.05, 0.1) is 19.3 Å². The Morgan fingerprint density at radius 1 is 1.00 bits per heavy atom. The number of hydrogen-bond acceptors (Lipinski definition) is 2. The Kier molecular flexibility index (Phi) is 2.66. The first-order valence-corrected chi connectivity index (χ1v) is 5.17. The van der Waals surface area contributed by atoms with Gasteiger partial charge in [-0.1, -0.05) is 19.3 Å². The molecule has 1 saturated heterocycles. The number of likely N-dealkylation sites (N-methyl/N-ethyl adjacent to an activating group) is 1. The standard InChI is InChI=1S/C10H19NO/c1-11(10-7-12-8-10)9-5-3-2-4-6-9/h9-10H,2-8H2,1H3. The van der Waals surface area contributed by atoms with Crippen LogP contribution in [0.15, 0.2) is 0 Å². The Labute approximate surface area is 74.9 Å². The van der Waals surface area contributed by atoms with Crippen molar-refractivity contribution in [2.45, 2.75) is 44.2 Å². The second kappa shape index (κ2) is 3.75. The van der Waals surface area contributed by atoms with Crippen molar-refractivity contribution < 1.29 is 4.74 Å². The summed E-state index contributed by atoms with van der Waals surface area (Å²) in [5, 5.41) is 0. The van der Waals surface area contributed by atoms with E-state index in [4.69, 9.17) is 4.74 Å². The molecule has 70 valence electrons. The Bertz CT molecular complexity index is 139. The van der Waals surface area contributed by atoms with Crippen molar-refractivity contribution >= 4 is 0 Å². The molecule has 2 rings (SSSR count). The minimum atomic E-state index is 0.730. The highest BCUT2D eigenvalue weighted by atomic mass is 16.5. The molecule has 1 aliphatic carbocycles. The summed E-state index contributed by atoms with van der Waals surface area (Å²) in [5.74, 6) is 0. The molecule has 0 radical (unpaired) electrons. The summed E-state index contributed by atoms with van der Waals surface area (Å²) in [6.07, 6.45) is 7.14. The van der Waals surface area contributed by atoms with Gasteiger partial charge < -0.3 is 4.74 Å². The molecular formula is C10H19NO. The van der Waals surface area contributed by atoms with Crippen LogP contribution in [-0.4, -0.2) is 37.2 Å². The Balaban J connectivity index is 1.80. The molecule has 1 aliphatic heterocycles. The van der Waals surface area contributed by atoms with E-state index in [1.165, 1.54) is 32.1 Å². The third-order valence-corrected chi connectivity index (χ3v) is 3.35. The van der Waals surface area contributed by atoms with Crippen molar-refractivity contribution in [3.05, 3.63) is 0 Å². The summed E-state index contributed by atoms with van der Waals surface area (Å²) in [5.41, 5.74) is 0. The molecule has 0 amide bonds. The SMILES string of the molecule is CN(C1CCCCC1)C1COC1. The van der Waals surface area contributed by atoms with Crippen molar-refractivity contribution in [2.75, 3.05) is 20.3 Å². The lowest BCUT2D eigenvalue weighted by atomic mass is 9.93. The molecule has 2 heteroatoms. The van der Waals surface area contributed by atoms with Crippen molar-refractivity contribution in [3.8, 4) is 0 Å². The van der Waals surface area contributed by atoms with Crippen molar-refractivity contribution in [1.82, 2.24) is 4.90 Å². The van der Waals surface area contributed by atoms with Crippen LogP contribution < -0.4 is 0 Å². The lowest BCUT2D eigenvalue weighted by Crippen LogP contribution is -2.51. The highest BCUT2D eigenvalue weighted by Gasteiger charge is 2.28. The minimum Gasteiger partial charge on any atom is -0.378 e. The van der Waals surface area contributed by atoms with Crippen LogP contribution in [0.25, 0.3) is 0 Å². The van der Waals surface area contributed by atoms with Crippen LogP contribution in [0.4, 0.5) is 0 Å². The first kappa shape index (κ1) is 8.52. The van der Waals surface area contributed by atoms with Gasteiger partial charge in [-0.25, -0.2) is 0 Å². The number of ether oxygens (including phenoxy) is 1. The molecule has 1 heterocycles. The molecule has 0 spiro atoms. The average molecular weight is 169 g/mol. The molecule has 0 aromatic carbocycles. The predicted molar refractivity (Wildman–Crippen MR) is 49.2 cm³/mol. The third kappa shape index (κ3) is 1.64. The van der Waals surface area contributed by atoms with Crippen LogP contribution in [0, 0.1) is 0 Å². The van der Waals surface area contributed by atoms with E-state index in [2.05, 4.69) is 11.9 Å². The molecule has 1 saturated carbocycles. The molecule has 0 aromatic rings. The van der Waals surface area contributed by atoms with E-state index >= 15 is 0 Å². The molecule has 0 N–H and O–H groups in total. The maximum Gasteiger partial charge on any atom is 0.0645 e. The summed E-state index contributed by atoms with van der Waals surface area (Å²) in [6.45, 7) is 1.93. The quantitative estimate of drug-likeness (QED) is 0.623. The van der Waals surface area contributed by atoms with E-state index in [1.807, 2.05) is 0 Å². The molecule has 0 aromatic heterocycles. The lowest BCUT2D eigenvalue weighted by Gasteiger charge is -2.41. The molecule has 0 bridgehead atoms. The average Bonchev–Trinajstić information content (AvgIpc) is 2.03. The summed E-state index contributed by atoms with van der Waals surface area (Å²) in [7, 11) is 2.27. The number of nitrogens with zero attached hydrogens (tertiary/aromatic N) is 1. The van der Waals surface area contributed by atoms with Gasteiger partial charge in [0.15, 0.2) is 0 Å². The zero-order valence-corrected chi connectivity index (χ0v) is 7.96. The van der Waals surface area contributed by atoms with Gasteiger partial charge in [-0.3, -0.25) is 4.90 Å². The van der Waals surface area contributed by atoms with E-state index in [0.717, 1.165) is 25.3 Å². The largest absolute Gasteiger partial charge is 0.378 e. The van der Waals surface area contributed by atoms with Crippen LogP contribution >= 0.6 is 0 Å². The van der Waals surface area contributed by atoms with Crippen molar-refractivity contribution in [3.63, 3.8) is 0 Å². The second-order valence-electron chi connectivity index (χ2n) is 4.15. The zero-order valence-electron chi connectivity index (χ0n) is 7.96. The van der Waals surface area contributed by atoms with Crippen LogP contribution in [0.2, 0.25) is 0 Å². The van der Waals surface area contributed by atoms with Crippen LogP contribution in [0.1, 0.15) is 32.1 Å². The molecule has 2 nitrogen and oxygen atoms in total. The fraction of sp³-hybridized carbons (Fsp3) is 1.00. The van der Waals surface area contributed by atoms with E-state index in [9.17, 15) is 0 Å². The Morgan fingerprint density at radius 3 is 2.17 bits per heavy atom. The van der Waals surface area contributed by atoms with Gasteiger partial charge in [-0.2, -0.15) is 0 Å². The number of rotatable bonds is 2. The fourth-order valence-electron chi connectivity index (χ4n) is 2.24. The van der Waals surface area contributed by atoms with Gasteiger partial charge in [0, 0.05) is 6.04 Å². The molecule has 0 unspecified atom stereocenters. The van der Waals surface area contributed by atoms with Gasteiger partial charge >= 0.3 is 0 Å². The highest BCUT2D eigenvalue weighted by molar-refractivity contribution is 4.82. The zero-order chi connectivity index (χ0) is 8.39. The summed E-state index contributed by atoms with van der Waals surface area (Å²) >= 11 is 0. The van der Waals surface area contributed by atoms with Crippen LogP contribution in [0.3, 0.4) is 0 Å².